The van der Waals surface area contributed by atoms with Crippen LogP contribution >= 0.6 is 15.9 Å². The van der Waals surface area contributed by atoms with E-state index >= 15 is 0 Å². The maximum Gasteiger partial charge on any atom is 0.312 e. The minimum atomic E-state index is -0.771. The number of nitro groups is 1. The molecule has 0 aliphatic carbocycles. The maximum atomic E-state index is 13.5. The summed E-state index contributed by atoms with van der Waals surface area (Å²) in [5, 5.41) is 19.7. The fraction of sp³-hybridized carbons (Fsp3) is 0. The lowest BCUT2D eigenvalue weighted by Gasteiger charge is -2.07. The van der Waals surface area contributed by atoms with Crippen molar-refractivity contribution in [3.05, 3.63) is 62.1 Å². The highest BCUT2D eigenvalue weighted by Gasteiger charge is 2.20. The largest absolute Gasteiger partial charge is 0.450 e. The van der Waals surface area contributed by atoms with E-state index in [9.17, 15) is 18.9 Å². The van der Waals surface area contributed by atoms with Crippen molar-refractivity contribution in [3.8, 4) is 17.6 Å². The highest BCUT2D eigenvalue weighted by molar-refractivity contribution is 9.10. The third-order valence-corrected chi connectivity index (χ3v) is 3.03. The van der Waals surface area contributed by atoms with Gasteiger partial charge in [0.25, 0.3) is 0 Å². The zero-order valence-corrected chi connectivity index (χ0v) is 11.7. The Balaban J connectivity index is 2.49. The van der Waals surface area contributed by atoms with Crippen LogP contribution in [0.3, 0.4) is 0 Å². The van der Waals surface area contributed by atoms with Crippen LogP contribution in [0.15, 0.2) is 34.8 Å². The van der Waals surface area contributed by atoms with E-state index < -0.39 is 28.0 Å². The average molecular weight is 355 g/mol. The Morgan fingerprint density at radius 1 is 1.24 bits per heavy atom. The van der Waals surface area contributed by atoms with Crippen molar-refractivity contribution in [2.45, 2.75) is 0 Å². The van der Waals surface area contributed by atoms with Gasteiger partial charge in [-0.25, -0.2) is 8.78 Å². The summed E-state index contributed by atoms with van der Waals surface area (Å²) in [6.45, 7) is 0. The summed E-state index contributed by atoms with van der Waals surface area (Å²) in [6.07, 6.45) is 0. The summed E-state index contributed by atoms with van der Waals surface area (Å²) in [5.74, 6) is -2.05. The molecule has 0 atom stereocenters. The van der Waals surface area contributed by atoms with Crippen molar-refractivity contribution < 1.29 is 18.4 Å². The Morgan fingerprint density at radius 2 is 1.95 bits per heavy atom. The fourth-order valence-corrected chi connectivity index (χ4v) is 1.89. The molecule has 0 radical (unpaired) electrons. The van der Waals surface area contributed by atoms with Gasteiger partial charge in [-0.1, -0.05) is 0 Å². The van der Waals surface area contributed by atoms with Crippen LogP contribution in [0.25, 0.3) is 0 Å². The summed E-state index contributed by atoms with van der Waals surface area (Å²) in [6, 6.07) is 6.56. The van der Waals surface area contributed by atoms with Crippen molar-refractivity contribution in [3.63, 3.8) is 0 Å². The first kappa shape index (κ1) is 14.9. The predicted molar refractivity (Wildman–Crippen MR) is 71.9 cm³/mol. The van der Waals surface area contributed by atoms with Crippen LogP contribution in [-0.2, 0) is 0 Å². The molecule has 2 aromatic rings. The smallest absolute Gasteiger partial charge is 0.312 e. The van der Waals surface area contributed by atoms with E-state index in [2.05, 4.69) is 15.9 Å². The molecular formula is C13H5BrF2N2O3. The molecule has 21 heavy (non-hydrogen) atoms. The molecule has 106 valence electrons. The summed E-state index contributed by atoms with van der Waals surface area (Å²) < 4.78 is 31.8. The summed E-state index contributed by atoms with van der Waals surface area (Å²) in [7, 11) is 0. The SMILES string of the molecule is N#Cc1cc(F)cc(Oc2cc(F)c(Br)cc2[N+](=O)[O-])c1. The van der Waals surface area contributed by atoms with Gasteiger partial charge in [-0.3, -0.25) is 10.1 Å². The number of halogens is 3. The zero-order chi connectivity index (χ0) is 15.6. The molecule has 0 aliphatic rings. The van der Waals surface area contributed by atoms with E-state index in [0.29, 0.717) is 0 Å². The second-order valence-electron chi connectivity index (χ2n) is 3.88. The number of rotatable bonds is 3. The van der Waals surface area contributed by atoms with Crippen molar-refractivity contribution >= 4 is 21.6 Å². The predicted octanol–water partition coefficient (Wildman–Crippen LogP) is 4.30. The first-order chi connectivity index (χ1) is 9.90. The number of nitrogens with zero attached hydrogens (tertiary/aromatic N) is 2. The Bertz CT molecular complexity index is 775. The third kappa shape index (κ3) is 3.32. The van der Waals surface area contributed by atoms with Gasteiger partial charge >= 0.3 is 5.69 Å². The number of ether oxygens (including phenoxy) is 1. The third-order valence-electron chi connectivity index (χ3n) is 2.43. The molecule has 0 heterocycles. The highest BCUT2D eigenvalue weighted by atomic mass is 79.9. The average Bonchev–Trinajstić information content (AvgIpc) is 2.41. The molecule has 0 aromatic heterocycles. The number of hydrogen-bond acceptors (Lipinski definition) is 4. The number of nitro benzene ring substituents is 1. The Labute approximate surface area is 125 Å². The lowest BCUT2D eigenvalue weighted by Crippen LogP contribution is -1.96. The Morgan fingerprint density at radius 3 is 2.57 bits per heavy atom. The van der Waals surface area contributed by atoms with Gasteiger partial charge < -0.3 is 4.74 Å². The molecular weight excluding hydrogens is 350 g/mol. The van der Waals surface area contributed by atoms with Gasteiger partial charge in [-0.05, 0) is 28.1 Å². The molecule has 0 unspecified atom stereocenters. The van der Waals surface area contributed by atoms with Gasteiger partial charge in [0.2, 0.25) is 5.75 Å². The standard InChI is InChI=1S/C13H5BrF2N2O3/c14-10-4-12(18(19)20)13(5-11(10)16)21-9-2-7(6-17)1-8(15)3-9/h1-5H. The van der Waals surface area contributed by atoms with E-state index in [1.54, 1.807) is 6.07 Å². The molecule has 0 saturated heterocycles. The van der Waals surface area contributed by atoms with Crippen LogP contribution in [0.4, 0.5) is 14.5 Å². The summed E-state index contributed by atoms with van der Waals surface area (Å²) in [5.41, 5.74) is -0.517. The molecule has 2 rings (SSSR count). The van der Waals surface area contributed by atoms with Crippen LogP contribution in [0.5, 0.6) is 11.5 Å². The topological polar surface area (TPSA) is 76.2 Å². The molecule has 0 fully saturated rings. The number of benzene rings is 2. The lowest BCUT2D eigenvalue weighted by molar-refractivity contribution is -0.385. The minimum absolute atomic E-state index is 0.0229. The lowest BCUT2D eigenvalue weighted by atomic mass is 10.2. The molecule has 2 aromatic carbocycles. The first-order valence-electron chi connectivity index (χ1n) is 5.42. The van der Waals surface area contributed by atoms with Gasteiger partial charge in [-0.2, -0.15) is 5.26 Å². The van der Waals surface area contributed by atoms with Crippen LogP contribution in [0.1, 0.15) is 5.56 Å². The molecule has 0 aliphatic heterocycles. The van der Waals surface area contributed by atoms with Crippen molar-refractivity contribution in [2.24, 2.45) is 0 Å². The molecule has 0 N–H and O–H groups in total. The van der Waals surface area contributed by atoms with Gasteiger partial charge in [0.05, 0.1) is 21.0 Å². The van der Waals surface area contributed by atoms with E-state index in [-0.39, 0.29) is 15.8 Å². The van der Waals surface area contributed by atoms with Crippen LogP contribution < -0.4 is 4.74 Å². The van der Waals surface area contributed by atoms with E-state index in [1.807, 2.05) is 0 Å². The first-order valence-corrected chi connectivity index (χ1v) is 6.22. The van der Waals surface area contributed by atoms with Crippen LogP contribution in [0, 0.1) is 33.1 Å². The maximum absolute atomic E-state index is 13.5. The van der Waals surface area contributed by atoms with E-state index in [1.165, 1.54) is 6.07 Å². The highest BCUT2D eigenvalue weighted by Crippen LogP contribution is 2.35. The minimum Gasteiger partial charge on any atom is -0.450 e. The van der Waals surface area contributed by atoms with Crippen molar-refractivity contribution in [1.82, 2.24) is 0 Å². The van der Waals surface area contributed by atoms with Gasteiger partial charge in [-0.15, -0.1) is 0 Å². The molecule has 5 nitrogen and oxygen atoms in total. The van der Waals surface area contributed by atoms with Crippen molar-refractivity contribution in [1.29, 1.82) is 5.26 Å². The quantitative estimate of drug-likeness (QED) is 0.608. The second kappa shape index (κ2) is 5.85. The molecule has 0 spiro atoms. The van der Waals surface area contributed by atoms with Crippen LogP contribution in [-0.4, -0.2) is 4.92 Å². The molecule has 0 amide bonds. The van der Waals surface area contributed by atoms with Gasteiger partial charge in [0.1, 0.15) is 17.4 Å². The van der Waals surface area contributed by atoms with E-state index in [4.69, 9.17) is 10.00 Å². The summed E-state index contributed by atoms with van der Waals surface area (Å²) >= 11 is 2.83. The normalized spacial score (nSPS) is 10.0. The monoisotopic (exact) mass is 354 g/mol. The fourth-order valence-electron chi connectivity index (χ4n) is 1.56. The number of hydrogen-bond donors (Lipinski definition) is 0. The van der Waals surface area contributed by atoms with Gasteiger partial charge in [0.15, 0.2) is 0 Å². The van der Waals surface area contributed by atoms with Crippen LogP contribution in [0.2, 0.25) is 0 Å². The van der Waals surface area contributed by atoms with Gasteiger partial charge in [0, 0.05) is 18.2 Å². The zero-order valence-electron chi connectivity index (χ0n) is 10.1. The molecule has 0 saturated carbocycles. The van der Waals surface area contributed by atoms with E-state index in [0.717, 1.165) is 24.3 Å². The second-order valence-corrected chi connectivity index (χ2v) is 4.73. The molecule has 8 heteroatoms. The molecule has 0 bridgehead atoms. The summed E-state index contributed by atoms with van der Waals surface area (Å²) in [4.78, 5) is 10.2. The van der Waals surface area contributed by atoms with Crippen molar-refractivity contribution in [2.75, 3.05) is 0 Å². The Hall–Kier alpha value is -2.53. The Kier molecular flexibility index (Phi) is 4.14. The number of nitriles is 1.